The molecule has 1 atom stereocenters. The molecular weight excluding hydrogens is 266 g/mol. The number of Topliss-reactive ketones (excluding diaryl/α,β-unsaturated/α-hetero) is 1. The number of rotatable bonds is 3. The van der Waals surface area contributed by atoms with Gasteiger partial charge in [0.15, 0.2) is 5.78 Å². The van der Waals surface area contributed by atoms with Gasteiger partial charge in [0, 0.05) is 44.4 Å². The van der Waals surface area contributed by atoms with Crippen molar-refractivity contribution in [3.05, 3.63) is 22.7 Å². The fraction of sp³-hybridized carbons (Fsp3) is 0.385. The standard InChI is InChI=1S/C13H16ClN3O2/c1-17(2)8-5-9(14)13-10(6-8)16-7(3-11(13)18)4-12(15)19/h5-7,16H,3-4H2,1-2H3,(H2,15,19)/t7-/m1/s1. The van der Waals surface area contributed by atoms with Crippen molar-refractivity contribution >= 4 is 34.7 Å². The van der Waals surface area contributed by atoms with E-state index in [0.717, 1.165) is 5.69 Å². The van der Waals surface area contributed by atoms with Gasteiger partial charge in [0.25, 0.3) is 0 Å². The van der Waals surface area contributed by atoms with Crippen LogP contribution in [0.3, 0.4) is 0 Å². The van der Waals surface area contributed by atoms with Crippen molar-refractivity contribution in [1.29, 1.82) is 0 Å². The highest BCUT2D eigenvalue weighted by molar-refractivity contribution is 6.35. The summed E-state index contributed by atoms with van der Waals surface area (Å²) in [4.78, 5) is 25.0. The second kappa shape index (κ2) is 5.09. The van der Waals surface area contributed by atoms with E-state index >= 15 is 0 Å². The number of ketones is 1. The molecule has 0 radical (unpaired) electrons. The SMILES string of the molecule is CN(C)c1cc(Cl)c2c(c1)N[C@@H](CC(N)=O)CC2=O. The molecule has 3 N–H and O–H groups in total. The molecule has 0 saturated heterocycles. The van der Waals surface area contributed by atoms with Gasteiger partial charge in [0.2, 0.25) is 5.91 Å². The van der Waals surface area contributed by atoms with Crippen LogP contribution in [0.25, 0.3) is 0 Å². The van der Waals surface area contributed by atoms with Gasteiger partial charge in [-0.15, -0.1) is 0 Å². The van der Waals surface area contributed by atoms with Crippen LogP contribution in [-0.2, 0) is 4.79 Å². The minimum absolute atomic E-state index is 0.0599. The van der Waals surface area contributed by atoms with Gasteiger partial charge >= 0.3 is 0 Å². The van der Waals surface area contributed by atoms with Crippen LogP contribution in [0, 0.1) is 0 Å². The van der Waals surface area contributed by atoms with Gasteiger partial charge in [0.05, 0.1) is 10.6 Å². The molecule has 102 valence electrons. The monoisotopic (exact) mass is 281 g/mol. The highest BCUT2D eigenvalue weighted by Crippen LogP contribution is 2.35. The zero-order valence-corrected chi connectivity index (χ0v) is 11.6. The quantitative estimate of drug-likeness (QED) is 0.883. The highest BCUT2D eigenvalue weighted by atomic mass is 35.5. The Bertz CT molecular complexity index is 543. The van der Waals surface area contributed by atoms with E-state index in [1.165, 1.54) is 0 Å². The number of nitrogens with two attached hydrogens (primary N) is 1. The van der Waals surface area contributed by atoms with E-state index in [9.17, 15) is 9.59 Å². The van der Waals surface area contributed by atoms with Crippen LogP contribution < -0.4 is 16.0 Å². The largest absolute Gasteiger partial charge is 0.381 e. The summed E-state index contributed by atoms with van der Waals surface area (Å²) in [5, 5.41) is 3.59. The highest BCUT2D eigenvalue weighted by Gasteiger charge is 2.28. The van der Waals surface area contributed by atoms with Crippen molar-refractivity contribution in [1.82, 2.24) is 0 Å². The molecule has 0 spiro atoms. The molecule has 0 bridgehead atoms. The van der Waals surface area contributed by atoms with Crippen LogP contribution >= 0.6 is 11.6 Å². The first-order valence-electron chi connectivity index (χ1n) is 5.97. The normalized spacial score (nSPS) is 17.6. The Balaban J connectivity index is 2.39. The summed E-state index contributed by atoms with van der Waals surface area (Å²) in [5.74, 6) is -0.487. The number of carbonyl (C=O) groups excluding carboxylic acids is 2. The first-order valence-corrected chi connectivity index (χ1v) is 6.35. The molecule has 1 aliphatic rings. The second-order valence-electron chi connectivity index (χ2n) is 4.88. The summed E-state index contributed by atoms with van der Waals surface area (Å²) in [6.45, 7) is 0. The van der Waals surface area contributed by atoms with E-state index in [1.54, 1.807) is 6.07 Å². The maximum absolute atomic E-state index is 12.1. The Hall–Kier alpha value is -1.75. The van der Waals surface area contributed by atoms with E-state index in [0.29, 0.717) is 16.3 Å². The number of hydrogen-bond acceptors (Lipinski definition) is 4. The lowest BCUT2D eigenvalue weighted by molar-refractivity contribution is -0.118. The maximum atomic E-state index is 12.1. The number of carbonyl (C=O) groups is 2. The number of hydrogen-bond donors (Lipinski definition) is 2. The first kappa shape index (κ1) is 13.7. The van der Waals surface area contributed by atoms with E-state index in [2.05, 4.69) is 5.32 Å². The summed E-state index contributed by atoms with van der Waals surface area (Å²) in [7, 11) is 3.78. The third-order valence-corrected chi connectivity index (χ3v) is 3.41. The number of benzene rings is 1. The van der Waals surface area contributed by atoms with Crippen molar-refractivity contribution < 1.29 is 9.59 Å². The Morgan fingerprint density at radius 1 is 1.53 bits per heavy atom. The molecule has 0 fully saturated rings. The molecule has 1 amide bonds. The zero-order chi connectivity index (χ0) is 14.2. The second-order valence-corrected chi connectivity index (χ2v) is 5.29. The molecule has 1 aromatic carbocycles. The van der Waals surface area contributed by atoms with Gasteiger partial charge in [0.1, 0.15) is 0 Å². The molecule has 1 heterocycles. The predicted octanol–water partition coefficient (Wildman–Crippen LogP) is 1.65. The van der Waals surface area contributed by atoms with Crippen molar-refractivity contribution in [3.63, 3.8) is 0 Å². The number of amides is 1. The molecule has 6 heteroatoms. The van der Waals surface area contributed by atoms with Crippen LogP contribution in [-0.4, -0.2) is 31.8 Å². The summed E-state index contributed by atoms with van der Waals surface area (Å²) < 4.78 is 0. The Labute approximate surface area is 116 Å². The van der Waals surface area contributed by atoms with Crippen molar-refractivity contribution in [2.45, 2.75) is 18.9 Å². The van der Waals surface area contributed by atoms with Gasteiger partial charge < -0.3 is 16.0 Å². The van der Waals surface area contributed by atoms with Gasteiger partial charge in [-0.05, 0) is 12.1 Å². The van der Waals surface area contributed by atoms with Crippen molar-refractivity contribution in [3.8, 4) is 0 Å². The molecule has 0 aromatic heterocycles. The number of fused-ring (bicyclic) bond motifs is 1. The molecule has 0 aliphatic carbocycles. The molecule has 2 rings (SSSR count). The summed E-state index contributed by atoms with van der Waals surface area (Å²) >= 11 is 6.16. The summed E-state index contributed by atoms with van der Waals surface area (Å²) in [6.07, 6.45) is 0.367. The molecule has 1 aromatic rings. The topological polar surface area (TPSA) is 75.4 Å². The van der Waals surface area contributed by atoms with Gasteiger partial charge in [-0.1, -0.05) is 11.6 Å². The lowest BCUT2D eigenvalue weighted by Crippen LogP contribution is -2.33. The smallest absolute Gasteiger partial charge is 0.219 e. The zero-order valence-electron chi connectivity index (χ0n) is 10.9. The van der Waals surface area contributed by atoms with Gasteiger partial charge in [-0.2, -0.15) is 0 Å². The van der Waals surface area contributed by atoms with E-state index in [-0.39, 0.29) is 24.7 Å². The van der Waals surface area contributed by atoms with Crippen LogP contribution in [0.5, 0.6) is 0 Å². The lowest BCUT2D eigenvalue weighted by Gasteiger charge is -2.27. The summed E-state index contributed by atoms with van der Waals surface area (Å²) in [6, 6.07) is 3.35. The van der Waals surface area contributed by atoms with E-state index < -0.39 is 5.91 Å². The molecule has 0 saturated carbocycles. The third-order valence-electron chi connectivity index (χ3n) is 3.11. The number of primary amides is 1. The first-order chi connectivity index (χ1) is 8.88. The lowest BCUT2D eigenvalue weighted by atomic mass is 9.94. The molecule has 0 unspecified atom stereocenters. The van der Waals surface area contributed by atoms with E-state index in [4.69, 9.17) is 17.3 Å². The van der Waals surface area contributed by atoms with E-state index in [1.807, 2.05) is 25.1 Å². The van der Waals surface area contributed by atoms with Crippen LogP contribution in [0.1, 0.15) is 23.2 Å². The molecule has 1 aliphatic heterocycles. The minimum atomic E-state index is -0.427. The van der Waals surface area contributed by atoms with Crippen LogP contribution in [0.2, 0.25) is 5.02 Å². The maximum Gasteiger partial charge on any atom is 0.219 e. The fourth-order valence-corrected chi connectivity index (χ4v) is 2.53. The Morgan fingerprint density at radius 2 is 2.21 bits per heavy atom. The minimum Gasteiger partial charge on any atom is -0.381 e. The number of nitrogens with one attached hydrogen (secondary N) is 1. The van der Waals surface area contributed by atoms with Gasteiger partial charge in [-0.25, -0.2) is 0 Å². The Kier molecular flexibility index (Phi) is 3.66. The number of anilines is 2. The average molecular weight is 282 g/mol. The average Bonchev–Trinajstić information content (AvgIpc) is 2.26. The Morgan fingerprint density at radius 3 is 2.79 bits per heavy atom. The summed E-state index contributed by atoms with van der Waals surface area (Å²) in [5.41, 5.74) is 7.22. The molecule has 19 heavy (non-hydrogen) atoms. The number of halogens is 1. The van der Waals surface area contributed by atoms with Crippen LogP contribution in [0.15, 0.2) is 12.1 Å². The van der Waals surface area contributed by atoms with Crippen molar-refractivity contribution in [2.24, 2.45) is 5.73 Å². The van der Waals surface area contributed by atoms with Crippen molar-refractivity contribution in [2.75, 3.05) is 24.3 Å². The fourth-order valence-electron chi connectivity index (χ4n) is 2.21. The predicted molar refractivity (Wildman–Crippen MR) is 75.9 cm³/mol. The third kappa shape index (κ3) is 2.81. The molecular formula is C13H16ClN3O2. The van der Waals surface area contributed by atoms with Gasteiger partial charge in [-0.3, -0.25) is 9.59 Å². The molecule has 5 nitrogen and oxygen atoms in total. The number of nitrogens with zero attached hydrogens (tertiary/aromatic N) is 1. The van der Waals surface area contributed by atoms with Crippen LogP contribution in [0.4, 0.5) is 11.4 Å².